The van der Waals surface area contributed by atoms with Gasteiger partial charge in [0, 0.05) is 25.4 Å². The number of nitrogens with one attached hydrogen (secondary N) is 1. The number of methoxy groups -OCH3 is 1. The topological polar surface area (TPSA) is 58.6 Å². The third-order valence-electron chi connectivity index (χ3n) is 4.65. The van der Waals surface area contributed by atoms with Gasteiger partial charge in [0.25, 0.3) is 0 Å². The van der Waals surface area contributed by atoms with Gasteiger partial charge in [0.1, 0.15) is 11.8 Å². The molecule has 2 rings (SSSR count). The molecule has 0 aliphatic rings. The molecular weight excluding hydrogens is 364 g/mol. The Hall–Kier alpha value is -2.82. The second kappa shape index (κ2) is 11.2. The average Bonchev–Trinajstić information content (AvgIpc) is 2.71. The van der Waals surface area contributed by atoms with E-state index in [1.165, 1.54) is 0 Å². The lowest BCUT2D eigenvalue weighted by Crippen LogP contribution is -2.51. The summed E-state index contributed by atoms with van der Waals surface area (Å²) >= 11 is 0. The van der Waals surface area contributed by atoms with Crippen molar-refractivity contribution in [2.75, 3.05) is 7.11 Å². The van der Waals surface area contributed by atoms with E-state index in [1.54, 1.807) is 12.0 Å². The summed E-state index contributed by atoms with van der Waals surface area (Å²) in [7, 11) is 1.62. The lowest BCUT2D eigenvalue weighted by atomic mass is 10.0. The molecule has 0 bridgehead atoms. The highest BCUT2D eigenvalue weighted by molar-refractivity contribution is 5.88. The summed E-state index contributed by atoms with van der Waals surface area (Å²) in [6.07, 6.45) is 1.61. The molecular formula is C24H32N2O3. The predicted molar refractivity (Wildman–Crippen MR) is 116 cm³/mol. The highest BCUT2D eigenvalue weighted by atomic mass is 16.5. The van der Waals surface area contributed by atoms with Crippen molar-refractivity contribution >= 4 is 11.8 Å². The molecule has 0 saturated heterocycles. The van der Waals surface area contributed by atoms with Gasteiger partial charge in [-0.1, -0.05) is 49.4 Å². The van der Waals surface area contributed by atoms with Gasteiger partial charge in [-0.15, -0.1) is 0 Å². The average molecular weight is 397 g/mol. The molecule has 1 atom stereocenters. The van der Waals surface area contributed by atoms with E-state index >= 15 is 0 Å². The predicted octanol–water partition coefficient (Wildman–Crippen LogP) is 3.96. The highest BCUT2D eigenvalue weighted by Crippen LogP contribution is 2.19. The number of nitrogens with zero attached hydrogens (tertiary/aromatic N) is 1. The van der Waals surface area contributed by atoms with Crippen LogP contribution in [0.3, 0.4) is 0 Å². The minimum absolute atomic E-state index is 0.000667. The third-order valence-corrected chi connectivity index (χ3v) is 4.65. The molecule has 0 aliphatic carbocycles. The van der Waals surface area contributed by atoms with Crippen LogP contribution in [-0.4, -0.2) is 35.9 Å². The highest BCUT2D eigenvalue weighted by Gasteiger charge is 2.30. The van der Waals surface area contributed by atoms with Crippen LogP contribution in [0, 0.1) is 0 Å². The molecule has 0 spiro atoms. The van der Waals surface area contributed by atoms with Crippen LogP contribution in [0.15, 0.2) is 54.6 Å². The molecule has 1 N–H and O–H groups in total. The normalized spacial score (nSPS) is 11.8. The quantitative estimate of drug-likeness (QED) is 0.661. The van der Waals surface area contributed by atoms with Crippen molar-refractivity contribution in [1.29, 1.82) is 0 Å². The van der Waals surface area contributed by atoms with Crippen LogP contribution in [0.25, 0.3) is 0 Å². The summed E-state index contributed by atoms with van der Waals surface area (Å²) in [5, 5.41) is 2.99. The van der Waals surface area contributed by atoms with Crippen LogP contribution in [0.2, 0.25) is 0 Å². The Morgan fingerprint density at radius 1 is 1.03 bits per heavy atom. The largest absolute Gasteiger partial charge is 0.497 e. The van der Waals surface area contributed by atoms with Crippen molar-refractivity contribution in [3.05, 3.63) is 65.7 Å². The fraction of sp³-hybridized carbons (Fsp3) is 0.417. The molecule has 0 heterocycles. The minimum Gasteiger partial charge on any atom is -0.497 e. The number of hydrogen-bond donors (Lipinski definition) is 1. The fourth-order valence-corrected chi connectivity index (χ4v) is 3.26. The van der Waals surface area contributed by atoms with Crippen molar-refractivity contribution in [3.8, 4) is 5.75 Å². The van der Waals surface area contributed by atoms with Gasteiger partial charge in [0.15, 0.2) is 0 Å². The number of rotatable bonds is 10. The Bertz CT molecular complexity index is 790. The first-order valence-corrected chi connectivity index (χ1v) is 10.2. The molecule has 0 radical (unpaired) electrons. The number of carbonyl (C=O) groups is 2. The zero-order valence-electron chi connectivity index (χ0n) is 17.9. The van der Waals surface area contributed by atoms with Gasteiger partial charge in [0.05, 0.1) is 7.11 Å². The smallest absolute Gasteiger partial charge is 0.243 e. The Balaban J connectivity index is 2.38. The molecule has 2 amide bonds. The summed E-state index contributed by atoms with van der Waals surface area (Å²) in [5.74, 6) is 0.586. The Kier molecular flexibility index (Phi) is 8.71. The summed E-state index contributed by atoms with van der Waals surface area (Å²) in [6.45, 7) is 6.19. The zero-order valence-corrected chi connectivity index (χ0v) is 17.9. The van der Waals surface area contributed by atoms with E-state index in [-0.39, 0.29) is 17.9 Å². The first kappa shape index (κ1) is 22.5. The number of hydrogen-bond acceptors (Lipinski definition) is 3. The van der Waals surface area contributed by atoms with E-state index in [4.69, 9.17) is 4.74 Å². The molecule has 2 aromatic carbocycles. The Morgan fingerprint density at radius 2 is 1.72 bits per heavy atom. The molecule has 0 aliphatic heterocycles. The van der Waals surface area contributed by atoms with Gasteiger partial charge in [-0.05, 0) is 43.5 Å². The lowest BCUT2D eigenvalue weighted by Gasteiger charge is -2.32. The van der Waals surface area contributed by atoms with Gasteiger partial charge >= 0.3 is 0 Å². The van der Waals surface area contributed by atoms with Gasteiger partial charge < -0.3 is 15.0 Å². The van der Waals surface area contributed by atoms with E-state index < -0.39 is 6.04 Å². The van der Waals surface area contributed by atoms with E-state index in [2.05, 4.69) is 5.32 Å². The van der Waals surface area contributed by atoms with Crippen molar-refractivity contribution < 1.29 is 14.3 Å². The molecule has 0 saturated carbocycles. The summed E-state index contributed by atoms with van der Waals surface area (Å²) < 4.78 is 5.32. The maximum Gasteiger partial charge on any atom is 0.243 e. The monoisotopic (exact) mass is 396 g/mol. The molecule has 0 unspecified atom stereocenters. The molecule has 156 valence electrons. The van der Waals surface area contributed by atoms with Crippen LogP contribution < -0.4 is 10.1 Å². The SMILES string of the molecule is CCCC(=O)N(Cc1cccc(OC)c1)[C@H](Cc1ccccc1)C(=O)NC(C)C. The van der Waals surface area contributed by atoms with Gasteiger partial charge in [0.2, 0.25) is 11.8 Å². The van der Waals surface area contributed by atoms with Crippen LogP contribution in [-0.2, 0) is 22.6 Å². The maximum atomic E-state index is 13.1. The molecule has 0 aromatic heterocycles. The Labute approximate surface area is 174 Å². The summed E-state index contributed by atoms with van der Waals surface area (Å²) in [5.41, 5.74) is 1.96. The van der Waals surface area contributed by atoms with Crippen LogP contribution >= 0.6 is 0 Å². The standard InChI is InChI=1S/C24H32N2O3/c1-5-10-23(27)26(17-20-13-9-14-21(15-20)29-4)22(24(28)25-18(2)3)16-19-11-7-6-8-12-19/h6-9,11-15,18,22H,5,10,16-17H2,1-4H3,(H,25,28)/t22-/m1/s1. The number of amides is 2. The molecule has 29 heavy (non-hydrogen) atoms. The van der Waals surface area contributed by atoms with E-state index in [0.29, 0.717) is 19.4 Å². The second-order valence-electron chi connectivity index (χ2n) is 7.49. The van der Waals surface area contributed by atoms with Gasteiger partial charge in [-0.3, -0.25) is 9.59 Å². The fourth-order valence-electron chi connectivity index (χ4n) is 3.26. The number of ether oxygens (including phenoxy) is 1. The second-order valence-corrected chi connectivity index (χ2v) is 7.49. The van der Waals surface area contributed by atoms with E-state index in [1.807, 2.05) is 75.4 Å². The van der Waals surface area contributed by atoms with Gasteiger partial charge in [-0.2, -0.15) is 0 Å². The molecule has 2 aromatic rings. The first-order chi connectivity index (χ1) is 13.9. The molecule has 5 nitrogen and oxygen atoms in total. The van der Waals surface area contributed by atoms with Crippen molar-refractivity contribution in [2.24, 2.45) is 0 Å². The summed E-state index contributed by atoms with van der Waals surface area (Å²) in [6, 6.07) is 16.9. The molecule has 0 fully saturated rings. The van der Waals surface area contributed by atoms with Crippen LogP contribution in [0.1, 0.15) is 44.7 Å². The zero-order chi connectivity index (χ0) is 21.2. The van der Waals surface area contributed by atoms with Crippen LogP contribution in [0.5, 0.6) is 5.75 Å². The van der Waals surface area contributed by atoms with Crippen LogP contribution in [0.4, 0.5) is 0 Å². The molecule has 5 heteroatoms. The number of benzene rings is 2. The minimum atomic E-state index is -0.579. The van der Waals surface area contributed by atoms with Crippen molar-refractivity contribution in [2.45, 2.75) is 58.7 Å². The van der Waals surface area contributed by atoms with E-state index in [9.17, 15) is 9.59 Å². The Morgan fingerprint density at radius 3 is 2.34 bits per heavy atom. The van der Waals surface area contributed by atoms with Crippen molar-refractivity contribution in [3.63, 3.8) is 0 Å². The van der Waals surface area contributed by atoms with E-state index in [0.717, 1.165) is 23.3 Å². The third kappa shape index (κ3) is 6.93. The summed E-state index contributed by atoms with van der Waals surface area (Å²) in [4.78, 5) is 27.8. The van der Waals surface area contributed by atoms with Crippen molar-refractivity contribution in [1.82, 2.24) is 10.2 Å². The first-order valence-electron chi connectivity index (χ1n) is 10.2. The lowest BCUT2D eigenvalue weighted by molar-refractivity contribution is -0.141. The number of carbonyl (C=O) groups excluding carboxylic acids is 2. The van der Waals surface area contributed by atoms with Gasteiger partial charge in [-0.25, -0.2) is 0 Å². The maximum absolute atomic E-state index is 13.1.